The topological polar surface area (TPSA) is 48.8 Å². The molecule has 0 saturated carbocycles. The van der Waals surface area contributed by atoms with Crippen LogP contribution >= 0.6 is 0 Å². The Morgan fingerprint density at radius 1 is 0.516 bits per heavy atom. The van der Waals surface area contributed by atoms with Crippen molar-refractivity contribution in [2.75, 3.05) is 0 Å². The zero-order chi connectivity index (χ0) is 23.1. The number of rotatable bonds is 4. The molecule has 4 heteroatoms. The second kappa shape index (κ2) is 8.57. The maximum absolute atomic E-state index is 10.0. The van der Waals surface area contributed by atoms with Gasteiger partial charge in [0.05, 0.1) is 0 Å². The number of hydrogen-bond acceptors (Lipinski definition) is 1. The molecule has 3 aromatic rings. The molecule has 0 bridgehead atoms. The number of nitrogens with zero attached hydrogens (tertiary/aromatic N) is 3. The fourth-order valence-corrected chi connectivity index (χ4v) is 16.4. The molecule has 0 N–H and O–H groups in total. The molecule has 3 rings (SSSR count). The van der Waals surface area contributed by atoms with Gasteiger partial charge >= 0.3 is 190 Å². The predicted molar refractivity (Wildman–Crippen MR) is 136 cm³/mol. The van der Waals surface area contributed by atoms with Gasteiger partial charge in [0, 0.05) is 0 Å². The van der Waals surface area contributed by atoms with Crippen LogP contribution in [0.5, 0.6) is 0 Å². The van der Waals surface area contributed by atoms with Crippen LogP contribution in [0.3, 0.4) is 0 Å². The van der Waals surface area contributed by atoms with Crippen molar-refractivity contribution in [2.24, 2.45) is 4.07 Å². The Labute approximate surface area is 189 Å². The summed E-state index contributed by atoms with van der Waals surface area (Å²) in [5, 5.41) is 0. The van der Waals surface area contributed by atoms with Crippen LogP contribution in [-0.2, 0) is 0 Å². The van der Waals surface area contributed by atoms with Crippen LogP contribution in [0.2, 0.25) is 0 Å². The number of aryl methyl sites for hydroxylation is 9. The van der Waals surface area contributed by atoms with E-state index >= 15 is 0 Å². The normalized spacial score (nSPS) is 11.4. The molecule has 0 spiro atoms. The van der Waals surface area contributed by atoms with Crippen LogP contribution in [0.15, 0.2) is 40.5 Å². The summed E-state index contributed by atoms with van der Waals surface area (Å²) in [6.07, 6.45) is 0. The fraction of sp³-hybridized carbons (Fsp3) is 0.333. The Balaban J connectivity index is 2.68. The molecule has 0 aromatic heterocycles. The molecule has 0 heterocycles. The summed E-state index contributed by atoms with van der Waals surface area (Å²) in [6, 6.07) is 13.5. The van der Waals surface area contributed by atoms with Crippen LogP contribution in [-0.4, -0.2) is 13.5 Å². The second-order valence-electron chi connectivity index (χ2n) is 9.22. The molecule has 0 radical (unpaired) electrons. The minimum absolute atomic E-state index is 1.23. The molecule has 0 aliphatic carbocycles. The van der Waals surface area contributed by atoms with Gasteiger partial charge in [0.25, 0.3) is 0 Å². The van der Waals surface area contributed by atoms with E-state index in [2.05, 4.69) is 104 Å². The predicted octanol–water partition coefficient (Wildman–Crippen LogP) is 5.74. The number of hydrogen-bond donors (Lipinski definition) is 0. The van der Waals surface area contributed by atoms with E-state index in [1.165, 1.54) is 63.3 Å². The molecular formula is C27H33GeN3. The van der Waals surface area contributed by atoms with Gasteiger partial charge in [-0.3, -0.25) is 0 Å². The van der Waals surface area contributed by atoms with Gasteiger partial charge in [0.2, 0.25) is 0 Å². The van der Waals surface area contributed by atoms with Crippen molar-refractivity contribution in [2.45, 2.75) is 62.3 Å². The summed E-state index contributed by atoms with van der Waals surface area (Å²) >= 11 is -3.79. The van der Waals surface area contributed by atoms with E-state index in [0.29, 0.717) is 0 Å². The van der Waals surface area contributed by atoms with Gasteiger partial charge in [-0.15, -0.1) is 0 Å². The van der Waals surface area contributed by atoms with Crippen molar-refractivity contribution in [1.82, 2.24) is 0 Å². The molecule has 0 saturated heterocycles. The standard InChI is InChI=1S/C27H33GeN3/c1-16-10-19(4)25(20(5)11-16)28(30-31-29,26-21(6)12-17(2)13-22(26)7)27-23(8)14-18(3)15-24(27)9/h10-15H,1-9H3. The van der Waals surface area contributed by atoms with Gasteiger partial charge in [0.15, 0.2) is 0 Å². The summed E-state index contributed by atoms with van der Waals surface area (Å²) < 4.78 is 8.70. The Morgan fingerprint density at radius 3 is 0.935 bits per heavy atom. The molecule has 3 nitrogen and oxygen atoms in total. The Hall–Kier alpha value is -2.49. The third-order valence-electron chi connectivity index (χ3n) is 6.31. The van der Waals surface area contributed by atoms with E-state index in [-0.39, 0.29) is 0 Å². The summed E-state index contributed by atoms with van der Waals surface area (Å²) in [4.78, 5) is 3.56. The van der Waals surface area contributed by atoms with E-state index < -0.39 is 13.5 Å². The third-order valence-corrected chi connectivity index (χ3v) is 16.6. The maximum atomic E-state index is 10.0. The van der Waals surface area contributed by atoms with Crippen molar-refractivity contribution >= 4 is 26.7 Å². The van der Waals surface area contributed by atoms with Crippen molar-refractivity contribution in [1.29, 1.82) is 0 Å². The van der Waals surface area contributed by atoms with Gasteiger partial charge in [-0.2, -0.15) is 0 Å². The fourth-order valence-electron chi connectivity index (χ4n) is 5.84. The van der Waals surface area contributed by atoms with Crippen molar-refractivity contribution in [3.05, 3.63) is 96.9 Å². The summed E-state index contributed by atoms with van der Waals surface area (Å²) in [5.41, 5.74) is 21.1. The third kappa shape index (κ3) is 3.93. The molecule has 0 aliphatic rings. The van der Waals surface area contributed by atoms with Crippen molar-refractivity contribution < 1.29 is 0 Å². The molecule has 0 aliphatic heterocycles. The molecule has 3 aromatic carbocycles. The van der Waals surface area contributed by atoms with E-state index in [4.69, 9.17) is 4.07 Å². The van der Waals surface area contributed by atoms with Gasteiger partial charge in [-0.05, 0) is 0 Å². The average Bonchev–Trinajstić information content (AvgIpc) is 2.58. The molecule has 31 heavy (non-hydrogen) atoms. The van der Waals surface area contributed by atoms with Crippen molar-refractivity contribution in [3.63, 3.8) is 0 Å². The first-order chi connectivity index (χ1) is 14.5. The minimum atomic E-state index is -3.79. The van der Waals surface area contributed by atoms with Gasteiger partial charge in [-0.1, -0.05) is 0 Å². The van der Waals surface area contributed by atoms with Gasteiger partial charge < -0.3 is 0 Å². The molecule has 0 fully saturated rings. The monoisotopic (exact) mass is 473 g/mol. The summed E-state index contributed by atoms with van der Waals surface area (Å²) in [5.74, 6) is 0. The van der Waals surface area contributed by atoms with Crippen LogP contribution in [0.4, 0.5) is 0 Å². The zero-order valence-corrected chi connectivity index (χ0v) is 22.4. The first-order valence-corrected chi connectivity index (χ1v) is 14.9. The number of azide groups is 1. The Kier molecular flexibility index (Phi) is 6.41. The quantitative estimate of drug-likeness (QED) is 0.201. The van der Waals surface area contributed by atoms with Crippen LogP contribution in [0, 0.1) is 62.3 Å². The van der Waals surface area contributed by atoms with E-state index in [1.54, 1.807) is 0 Å². The summed E-state index contributed by atoms with van der Waals surface area (Å²) in [6.45, 7) is 19.5. The molecular weight excluding hydrogens is 439 g/mol. The molecule has 0 unspecified atom stereocenters. The van der Waals surface area contributed by atoms with E-state index in [0.717, 1.165) is 0 Å². The Morgan fingerprint density at radius 2 is 0.742 bits per heavy atom. The first kappa shape index (κ1) is 23.2. The van der Waals surface area contributed by atoms with Crippen LogP contribution in [0.25, 0.3) is 10.4 Å². The first-order valence-electron chi connectivity index (χ1n) is 10.8. The second-order valence-corrected chi connectivity index (χ2v) is 15.8. The van der Waals surface area contributed by atoms with Crippen LogP contribution in [0.1, 0.15) is 50.1 Å². The van der Waals surface area contributed by atoms with Crippen LogP contribution < -0.4 is 13.2 Å². The van der Waals surface area contributed by atoms with E-state index in [9.17, 15) is 5.53 Å². The molecule has 160 valence electrons. The Bertz CT molecular complexity index is 1020. The van der Waals surface area contributed by atoms with Gasteiger partial charge in [-0.25, -0.2) is 0 Å². The molecule has 0 amide bonds. The SMILES string of the molecule is Cc1cc(C)[c]([Ge]([N]=[N+]=[N-])([c]2c(C)cc(C)cc2C)[c]2c(C)cc(C)cc2C)c(C)c1. The van der Waals surface area contributed by atoms with Gasteiger partial charge in [0.1, 0.15) is 0 Å². The zero-order valence-electron chi connectivity index (χ0n) is 20.3. The number of benzene rings is 3. The summed E-state index contributed by atoms with van der Waals surface area (Å²) in [7, 11) is 0. The molecule has 0 atom stereocenters. The van der Waals surface area contributed by atoms with Crippen molar-refractivity contribution in [3.8, 4) is 0 Å². The average molecular weight is 472 g/mol. The van der Waals surface area contributed by atoms with E-state index in [1.807, 2.05) is 0 Å².